The normalized spacial score (nSPS) is 10.4. The number of amides is 2. The molecule has 0 aromatic heterocycles. The summed E-state index contributed by atoms with van der Waals surface area (Å²) in [5.41, 5.74) is 0.507. The Morgan fingerprint density at radius 3 is 2.14 bits per heavy atom. The van der Waals surface area contributed by atoms with E-state index in [0.29, 0.717) is 24.7 Å². The average molecular weight is 310 g/mol. The number of nitrogens with one attached hydrogen (secondary N) is 2. The molecule has 1 aromatic rings. The Morgan fingerprint density at radius 1 is 1.05 bits per heavy atom. The van der Waals surface area contributed by atoms with Crippen LogP contribution in [0.4, 0.5) is 5.69 Å². The standard InChI is InChI=1S/C15H22N2O5/c1-4-21-13(22-5-2)10-16-14(18)15(19)17-11-6-8-12(20-3)9-7-11/h6-9,13H,4-5,10H2,1-3H3,(H,16,18)(H,17,19). The molecule has 1 rings (SSSR count). The third-order valence-corrected chi connectivity index (χ3v) is 2.69. The lowest BCUT2D eigenvalue weighted by Crippen LogP contribution is -2.41. The number of anilines is 1. The Hall–Kier alpha value is -2.12. The lowest BCUT2D eigenvalue weighted by Gasteiger charge is -2.17. The minimum absolute atomic E-state index is 0.108. The first-order valence-electron chi connectivity index (χ1n) is 7.07. The fourth-order valence-electron chi connectivity index (χ4n) is 1.66. The molecular formula is C15H22N2O5. The highest BCUT2D eigenvalue weighted by atomic mass is 16.7. The Labute approximate surface area is 129 Å². The molecule has 1 aromatic carbocycles. The van der Waals surface area contributed by atoms with Gasteiger partial charge in [-0.05, 0) is 38.1 Å². The zero-order chi connectivity index (χ0) is 16.4. The summed E-state index contributed by atoms with van der Waals surface area (Å²) in [4.78, 5) is 23.5. The maximum absolute atomic E-state index is 11.8. The fourth-order valence-corrected chi connectivity index (χ4v) is 1.66. The van der Waals surface area contributed by atoms with Gasteiger partial charge in [-0.2, -0.15) is 0 Å². The molecule has 0 atom stereocenters. The monoisotopic (exact) mass is 310 g/mol. The molecule has 0 heterocycles. The smallest absolute Gasteiger partial charge is 0.313 e. The summed E-state index contributed by atoms with van der Waals surface area (Å²) in [5.74, 6) is -0.837. The van der Waals surface area contributed by atoms with Crippen LogP contribution in [0.5, 0.6) is 5.75 Å². The summed E-state index contributed by atoms with van der Waals surface area (Å²) < 4.78 is 15.6. The lowest BCUT2D eigenvalue weighted by atomic mass is 10.3. The number of methoxy groups -OCH3 is 1. The van der Waals surface area contributed by atoms with Crippen LogP contribution in [0.3, 0.4) is 0 Å². The van der Waals surface area contributed by atoms with Gasteiger partial charge in [0.2, 0.25) is 0 Å². The van der Waals surface area contributed by atoms with Crippen molar-refractivity contribution in [3.63, 3.8) is 0 Å². The van der Waals surface area contributed by atoms with Crippen LogP contribution in [0.1, 0.15) is 13.8 Å². The van der Waals surface area contributed by atoms with Crippen LogP contribution in [0.2, 0.25) is 0 Å². The van der Waals surface area contributed by atoms with Crippen LogP contribution < -0.4 is 15.4 Å². The first kappa shape index (κ1) is 17.9. The summed E-state index contributed by atoms with van der Waals surface area (Å²) in [6.45, 7) is 4.67. The van der Waals surface area contributed by atoms with Crippen LogP contribution in [-0.2, 0) is 19.1 Å². The van der Waals surface area contributed by atoms with Crippen molar-refractivity contribution in [2.24, 2.45) is 0 Å². The summed E-state index contributed by atoms with van der Waals surface area (Å²) in [6, 6.07) is 6.67. The predicted molar refractivity (Wildman–Crippen MR) is 81.7 cm³/mol. The molecule has 2 amide bonds. The lowest BCUT2D eigenvalue weighted by molar-refractivity contribution is -0.145. The number of hydrogen-bond acceptors (Lipinski definition) is 5. The first-order valence-corrected chi connectivity index (χ1v) is 7.07. The molecule has 7 nitrogen and oxygen atoms in total. The second kappa shape index (κ2) is 9.75. The number of benzene rings is 1. The van der Waals surface area contributed by atoms with Crippen molar-refractivity contribution >= 4 is 17.5 Å². The Balaban J connectivity index is 2.45. The van der Waals surface area contributed by atoms with Crippen molar-refractivity contribution in [3.05, 3.63) is 24.3 Å². The van der Waals surface area contributed by atoms with E-state index in [9.17, 15) is 9.59 Å². The van der Waals surface area contributed by atoms with E-state index in [-0.39, 0.29) is 6.54 Å². The minimum Gasteiger partial charge on any atom is -0.497 e. The third kappa shape index (κ3) is 6.11. The topological polar surface area (TPSA) is 85.9 Å². The van der Waals surface area contributed by atoms with Gasteiger partial charge in [-0.25, -0.2) is 0 Å². The third-order valence-electron chi connectivity index (χ3n) is 2.69. The fraction of sp³-hybridized carbons (Fsp3) is 0.467. The second-order valence-electron chi connectivity index (χ2n) is 4.23. The number of hydrogen-bond donors (Lipinski definition) is 2. The van der Waals surface area contributed by atoms with E-state index in [4.69, 9.17) is 14.2 Å². The molecule has 0 saturated carbocycles. The van der Waals surface area contributed by atoms with Gasteiger partial charge in [-0.1, -0.05) is 0 Å². The Kier molecular flexibility index (Phi) is 7.95. The van der Waals surface area contributed by atoms with E-state index < -0.39 is 18.1 Å². The SMILES string of the molecule is CCOC(CNC(=O)C(=O)Nc1ccc(OC)cc1)OCC. The van der Waals surface area contributed by atoms with E-state index in [1.807, 2.05) is 13.8 Å². The molecule has 0 radical (unpaired) electrons. The van der Waals surface area contributed by atoms with Gasteiger partial charge in [0, 0.05) is 18.9 Å². The van der Waals surface area contributed by atoms with Gasteiger partial charge in [0.1, 0.15) is 5.75 Å². The Morgan fingerprint density at radius 2 is 1.64 bits per heavy atom. The predicted octanol–water partition coefficient (Wildman–Crippen LogP) is 1.15. The molecule has 0 unspecified atom stereocenters. The minimum atomic E-state index is -0.753. The zero-order valence-electron chi connectivity index (χ0n) is 13.0. The van der Waals surface area contributed by atoms with Crippen LogP contribution in [0.25, 0.3) is 0 Å². The molecule has 2 N–H and O–H groups in total. The molecule has 22 heavy (non-hydrogen) atoms. The largest absolute Gasteiger partial charge is 0.497 e. The van der Waals surface area contributed by atoms with E-state index in [1.54, 1.807) is 31.4 Å². The molecule has 0 bridgehead atoms. The summed E-state index contributed by atoms with van der Waals surface area (Å²) in [5, 5.41) is 4.96. The van der Waals surface area contributed by atoms with E-state index in [1.165, 1.54) is 0 Å². The number of ether oxygens (including phenoxy) is 3. The molecule has 0 aliphatic rings. The molecule has 0 spiro atoms. The van der Waals surface area contributed by atoms with Crippen molar-refractivity contribution in [1.29, 1.82) is 0 Å². The van der Waals surface area contributed by atoms with Gasteiger partial charge in [0.05, 0.1) is 13.7 Å². The number of rotatable bonds is 8. The van der Waals surface area contributed by atoms with Crippen LogP contribution in [-0.4, -0.2) is 45.0 Å². The van der Waals surface area contributed by atoms with Crippen molar-refractivity contribution in [3.8, 4) is 5.75 Å². The van der Waals surface area contributed by atoms with Crippen molar-refractivity contribution in [2.45, 2.75) is 20.1 Å². The highest BCUT2D eigenvalue weighted by Crippen LogP contribution is 2.14. The highest BCUT2D eigenvalue weighted by Gasteiger charge is 2.16. The van der Waals surface area contributed by atoms with Crippen molar-refractivity contribution in [1.82, 2.24) is 5.32 Å². The van der Waals surface area contributed by atoms with E-state index >= 15 is 0 Å². The van der Waals surface area contributed by atoms with Gasteiger partial charge in [-0.3, -0.25) is 9.59 Å². The molecule has 0 saturated heterocycles. The maximum Gasteiger partial charge on any atom is 0.313 e. The number of carbonyl (C=O) groups is 2. The van der Waals surface area contributed by atoms with Gasteiger partial charge in [0.25, 0.3) is 0 Å². The zero-order valence-corrected chi connectivity index (χ0v) is 13.0. The van der Waals surface area contributed by atoms with Gasteiger partial charge in [-0.15, -0.1) is 0 Å². The van der Waals surface area contributed by atoms with Gasteiger partial charge >= 0.3 is 11.8 Å². The first-order chi connectivity index (χ1) is 10.6. The molecule has 7 heteroatoms. The molecule has 0 aliphatic heterocycles. The van der Waals surface area contributed by atoms with Crippen LogP contribution >= 0.6 is 0 Å². The quantitative estimate of drug-likeness (QED) is 0.556. The Bertz CT molecular complexity index is 469. The number of carbonyl (C=O) groups excluding carboxylic acids is 2. The average Bonchev–Trinajstić information content (AvgIpc) is 2.53. The van der Waals surface area contributed by atoms with Gasteiger partial charge < -0.3 is 24.8 Å². The summed E-state index contributed by atoms with van der Waals surface area (Å²) >= 11 is 0. The van der Waals surface area contributed by atoms with E-state index in [2.05, 4.69) is 10.6 Å². The second-order valence-corrected chi connectivity index (χ2v) is 4.23. The molecule has 0 fully saturated rings. The summed E-state index contributed by atoms with van der Waals surface area (Å²) in [6.07, 6.45) is -0.562. The van der Waals surface area contributed by atoms with Crippen molar-refractivity contribution < 1.29 is 23.8 Å². The maximum atomic E-state index is 11.8. The highest BCUT2D eigenvalue weighted by molar-refractivity contribution is 6.39. The van der Waals surface area contributed by atoms with Crippen LogP contribution in [0.15, 0.2) is 24.3 Å². The molecule has 122 valence electrons. The summed E-state index contributed by atoms with van der Waals surface area (Å²) in [7, 11) is 1.55. The van der Waals surface area contributed by atoms with Gasteiger partial charge in [0.15, 0.2) is 6.29 Å². The molecule has 0 aliphatic carbocycles. The van der Waals surface area contributed by atoms with Crippen molar-refractivity contribution in [2.75, 3.05) is 32.2 Å². The van der Waals surface area contributed by atoms with E-state index in [0.717, 1.165) is 0 Å². The van der Waals surface area contributed by atoms with Crippen LogP contribution in [0, 0.1) is 0 Å². The molecular weight excluding hydrogens is 288 g/mol.